The number of rotatable bonds is 3. The number of hydrogen-bond donors (Lipinski definition) is 1. The third-order valence-electron chi connectivity index (χ3n) is 2.93. The molecular weight excluding hydrogens is 226 g/mol. The smallest absolute Gasteiger partial charge is 0.227 e. The van der Waals surface area contributed by atoms with Gasteiger partial charge in [0.25, 0.3) is 0 Å². The van der Waals surface area contributed by atoms with Gasteiger partial charge >= 0.3 is 0 Å². The van der Waals surface area contributed by atoms with E-state index >= 15 is 0 Å². The van der Waals surface area contributed by atoms with Gasteiger partial charge in [-0.2, -0.15) is 0 Å². The van der Waals surface area contributed by atoms with Crippen LogP contribution in [0.5, 0.6) is 0 Å². The minimum Gasteiger partial charge on any atom is -0.326 e. The first-order chi connectivity index (χ1) is 8.83. The Labute approximate surface area is 105 Å². The lowest BCUT2D eigenvalue weighted by Crippen LogP contribution is -2.13. The number of carbonyl (C=O) groups excluding carboxylic acids is 1. The summed E-state index contributed by atoms with van der Waals surface area (Å²) in [6, 6.07) is 7.49. The number of nitrogens with one attached hydrogen (secondary N) is 1. The summed E-state index contributed by atoms with van der Waals surface area (Å²) >= 11 is 0. The fourth-order valence-corrected chi connectivity index (χ4v) is 1.77. The second kappa shape index (κ2) is 4.56. The van der Waals surface area contributed by atoms with Crippen molar-refractivity contribution in [3.63, 3.8) is 0 Å². The second-order valence-corrected chi connectivity index (χ2v) is 4.43. The summed E-state index contributed by atoms with van der Waals surface area (Å²) < 4.78 is 0. The molecule has 1 aliphatic carbocycles. The Hall–Kier alpha value is -2.23. The quantitative estimate of drug-likeness (QED) is 0.895. The van der Waals surface area contributed by atoms with Crippen LogP contribution < -0.4 is 5.32 Å². The van der Waals surface area contributed by atoms with E-state index in [1.807, 2.05) is 18.2 Å². The van der Waals surface area contributed by atoms with Crippen LogP contribution in [0.2, 0.25) is 0 Å². The monoisotopic (exact) mass is 239 g/mol. The van der Waals surface area contributed by atoms with Gasteiger partial charge in [0.1, 0.15) is 0 Å². The highest BCUT2D eigenvalue weighted by atomic mass is 16.2. The average Bonchev–Trinajstić information content (AvgIpc) is 3.24. The van der Waals surface area contributed by atoms with Crippen molar-refractivity contribution in [2.45, 2.75) is 12.8 Å². The number of pyridine rings is 2. The molecule has 1 saturated carbocycles. The van der Waals surface area contributed by atoms with E-state index in [0.717, 1.165) is 29.8 Å². The Bertz CT molecular complexity index is 564. The maximum Gasteiger partial charge on any atom is 0.227 e. The maximum absolute atomic E-state index is 11.7. The van der Waals surface area contributed by atoms with Crippen molar-refractivity contribution in [3.05, 3.63) is 42.9 Å². The number of anilines is 1. The van der Waals surface area contributed by atoms with Crippen LogP contribution in [0, 0.1) is 5.92 Å². The highest BCUT2D eigenvalue weighted by Gasteiger charge is 2.29. The molecule has 0 aromatic carbocycles. The average molecular weight is 239 g/mol. The SMILES string of the molecule is O=C(Nc1ccnc(-c2cccnc2)c1)C1CC1. The summed E-state index contributed by atoms with van der Waals surface area (Å²) in [5, 5.41) is 2.91. The zero-order chi connectivity index (χ0) is 12.4. The zero-order valence-corrected chi connectivity index (χ0v) is 9.84. The van der Waals surface area contributed by atoms with Crippen LogP contribution in [0.3, 0.4) is 0 Å². The van der Waals surface area contributed by atoms with E-state index in [1.54, 1.807) is 24.7 Å². The van der Waals surface area contributed by atoms with Crippen LogP contribution in [-0.2, 0) is 4.79 Å². The Morgan fingerprint density at radius 1 is 1.28 bits per heavy atom. The third-order valence-corrected chi connectivity index (χ3v) is 2.93. The fourth-order valence-electron chi connectivity index (χ4n) is 1.77. The topological polar surface area (TPSA) is 54.9 Å². The fraction of sp³-hybridized carbons (Fsp3) is 0.214. The van der Waals surface area contributed by atoms with Crippen molar-refractivity contribution in [1.82, 2.24) is 9.97 Å². The number of amides is 1. The summed E-state index contributed by atoms with van der Waals surface area (Å²) in [4.78, 5) is 20.0. The molecule has 2 heterocycles. The molecule has 0 bridgehead atoms. The Morgan fingerprint density at radius 3 is 2.89 bits per heavy atom. The molecule has 2 aromatic rings. The van der Waals surface area contributed by atoms with Crippen LogP contribution in [0.1, 0.15) is 12.8 Å². The van der Waals surface area contributed by atoms with E-state index in [1.165, 1.54) is 0 Å². The Kier molecular flexibility index (Phi) is 2.76. The first-order valence-corrected chi connectivity index (χ1v) is 6.00. The number of carbonyl (C=O) groups is 1. The minimum absolute atomic E-state index is 0.110. The lowest BCUT2D eigenvalue weighted by molar-refractivity contribution is -0.117. The van der Waals surface area contributed by atoms with Gasteiger partial charge in [0.2, 0.25) is 5.91 Å². The molecule has 0 unspecified atom stereocenters. The van der Waals surface area contributed by atoms with Crippen LogP contribution in [0.25, 0.3) is 11.3 Å². The summed E-state index contributed by atoms with van der Waals surface area (Å²) in [6.07, 6.45) is 7.20. The second-order valence-electron chi connectivity index (χ2n) is 4.43. The molecule has 1 aliphatic rings. The van der Waals surface area contributed by atoms with Crippen molar-refractivity contribution in [1.29, 1.82) is 0 Å². The summed E-state index contributed by atoms with van der Waals surface area (Å²) in [6.45, 7) is 0. The van der Waals surface area contributed by atoms with E-state index in [2.05, 4.69) is 15.3 Å². The molecule has 1 N–H and O–H groups in total. The van der Waals surface area contributed by atoms with Crippen molar-refractivity contribution in [2.75, 3.05) is 5.32 Å². The van der Waals surface area contributed by atoms with E-state index in [9.17, 15) is 4.79 Å². The largest absolute Gasteiger partial charge is 0.326 e. The Morgan fingerprint density at radius 2 is 2.17 bits per heavy atom. The third kappa shape index (κ3) is 2.37. The van der Waals surface area contributed by atoms with Gasteiger partial charge in [0, 0.05) is 35.8 Å². The number of aromatic nitrogens is 2. The molecule has 0 atom stereocenters. The molecule has 0 spiro atoms. The van der Waals surface area contributed by atoms with Gasteiger partial charge in [-0.1, -0.05) is 0 Å². The zero-order valence-electron chi connectivity index (χ0n) is 9.84. The first kappa shape index (κ1) is 10.9. The van der Waals surface area contributed by atoms with Gasteiger partial charge in [0.05, 0.1) is 5.69 Å². The molecule has 0 saturated heterocycles. The van der Waals surface area contributed by atoms with Crippen molar-refractivity contribution in [3.8, 4) is 11.3 Å². The molecular formula is C14H13N3O. The van der Waals surface area contributed by atoms with E-state index in [-0.39, 0.29) is 11.8 Å². The predicted molar refractivity (Wildman–Crippen MR) is 68.8 cm³/mol. The maximum atomic E-state index is 11.7. The van der Waals surface area contributed by atoms with E-state index < -0.39 is 0 Å². The summed E-state index contributed by atoms with van der Waals surface area (Å²) in [5.74, 6) is 0.318. The van der Waals surface area contributed by atoms with E-state index in [0.29, 0.717) is 0 Å². The lowest BCUT2D eigenvalue weighted by Gasteiger charge is -2.06. The molecule has 90 valence electrons. The lowest BCUT2D eigenvalue weighted by atomic mass is 10.2. The van der Waals surface area contributed by atoms with Crippen molar-refractivity contribution in [2.24, 2.45) is 5.92 Å². The molecule has 0 aliphatic heterocycles. The molecule has 1 fully saturated rings. The van der Waals surface area contributed by atoms with E-state index in [4.69, 9.17) is 0 Å². The van der Waals surface area contributed by atoms with Gasteiger partial charge in [-0.25, -0.2) is 0 Å². The van der Waals surface area contributed by atoms with Gasteiger partial charge in [-0.3, -0.25) is 14.8 Å². The van der Waals surface area contributed by atoms with Crippen LogP contribution >= 0.6 is 0 Å². The first-order valence-electron chi connectivity index (χ1n) is 6.00. The molecule has 4 heteroatoms. The molecule has 2 aromatic heterocycles. The molecule has 0 radical (unpaired) electrons. The molecule has 4 nitrogen and oxygen atoms in total. The highest BCUT2D eigenvalue weighted by Crippen LogP contribution is 2.30. The van der Waals surface area contributed by atoms with Gasteiger partial charge in [-0.05, 0) is 37.1 Å². The number of nitrogens with zero attached hydrogens (tertiary/aromatic N) is 2. The number of hydrogen-bond acceptors (Lipinski definition) is 3. The van der Waals surface area contributed by atoms with Gasteiger partial charge in [0.15, 0.2) is 0 Å². The normalized spacial score (nSPS) is 14.2. The predicted octanol–water partition coefficient (Wildman–Crippen LogP) is 2.49. The van der Waals surface area contributed by atoms with Crippen LogP contribution in [0.4, 0.5) is 5.69 Å². The molecule has 3 rings (SSSR count). The van der Waals surface area contributed by atoms with Gasteiger partial charge < -0.3 is 5.32 Å². The van der Waals surface area contributed by atoms with Crippen molar-refractivity contribution >= 4 is 11.6 Å². The molecule has 18 heavy (non-hydrogen) atoms. The summed E-state index contributed by atoms with van der Waals surface area (Å²) in [5.41, 5.74) is 2.55. The molecule has 1 amide bonds. The standard InChI is InChI=1S/C14H13N3O/c18-14(10-3-4-10)17-12-5-7-16-13(8-12)11-2-1-6-15-9-11/h1-2,5-10H,3-4H2,(H,16,17,18). The highest BCUT2D eigenvalue weighted by molar-refractivity contribution is 5.94. The summed E-state index contributed by atoms with van der Waals surface area (Å²) in [7, 11) is 0. The minimum atomic E-state index is 0.110. The van der Waals surface area contributed by atoms with Gasteiger partial charge in [-0.15, -0.1) is 0 Å². The van der Waals surface area contributed by atoms with Crippen LogP contribution in [-0.4, -0.2) is 15.9 Å². The van der Waals surface area contributed by atoms with Crippen LogP contribution in [0.15, 0.2) is 42.9 Å². The Balaban J connectivity index is 1.82. The van der Waals surface area contributed by atoms with Crippen molar-refractivity contribution < 1.29 is 4.79 Å².